The Kier molecular flexibility index (Phi) is 5.48. The summed E-state index contributed by atoms with van der Waals surface area (Å²) in [7, 11) is -0.745. The summed E-state index contributed by atoms with van der Waals surface area (Å²) in [6.45, 7) is 0. The van der Waals surface area contributed by atoms with Gasteiger partial charge in [-0.15, -0.1) is 0 Å². The molecule has 0 radical (unpaired) electrons. The van der Waals surface area contributed by atoms with Crippen LogP contribution < -0.4 is 14.2 Å². The number of pyridine rings is 1. The lowest BCUT2D eigenvalue weighted by atomic mass is 10.1. The molecular weight excluding hydrogens is 419 g/mol. The highest BCUT2D eigenvalue weighted by Gasteiger charge is 2.16. The summed E-state index contributed by atoms with van der Waals surface area (Å²) >= 11 is 0. The van der Waals surface area contributed by atoms with Crippen LogP contribution in [0.1, 0.15) is 0 Å². The largest absolute Gasteiger partial charge is 0.497 e. The molecule has 6 nitrogen and oxygen atoms in total. The third-order valence-electron chi connectivity index (χ3n) is 4.75. The number of sulfonamides is 1. The standard InChI is InChI=1S/C23H19FN2O4S/c1-29-18-8-10-19(11-9-18)31(27,28)26-17-7-12-21-20(13-17)23(30-2)14-22(25-21)15-3-5-16(24)6-4-15/h3-14,26H,1-2H3. The summed E-state index contributed by atoms with van der Waals surface area (Å²) in [5.74, 6) is 0.762. The van der Waals surface area contributed by atoms with Crippen molar-refractivity contribution in [1.29, 1.82) is 0 Å². The summed E-state index contributed by atoms with van der Waals surface area (Å²) < 4.78 is 51.8. The molecule has 3 aromatic carbocycles. The second-order valence-electron chi connectivity index (χ2n) is 6.73. The summed E-state index contributed by atoms with van der Waals surface area (Å²) in [6.07, 6.45) is 0. The van der Waals surface area contributed by atoms with Crippen molar-refractivity contribution in [3.63, 3.8) is 0 Å². The van der Waals surface area contributed by atoms with E-state index in [0.29, 0.717) is 33.8 Å². The second-order valence-corrected chi connectivity index (χ2v) is 8.41. The van der Waals surface area contributed by atoms with E-state index in [2.05, 4.69) is 9.71 Å². The summed E-state index contributed by atoms with van der Waals surface area (Å²) in [5.41, 5.74) is 2.35. The van der Waals surface area contributed by atoms with E-state index in [9.17, 15) is 12.8 Å². The van der Waals surface area contributed by atoms with Crippen LogP contribution in [0.25, 0.3) is 22.2 Å². The number of nitrogens with zero attached hydrogens (tertiary/aromatic N) is 1. The molecule has 4 rings (SSSR count). The normalized spacial score (nSPS) is 11.3. The average Bonchev–Trinajstić information content (AvgIpc) is 2.78. The molecule has 0 atom stereocenters. The van der Waals surface area contributed by atoms with Crippen molar-refractivity contribution in [2.45, 2.75) is 4.90 Å². The third-order valence-corrected chi connectivity index (χ3v) is 6.15. The summed E-state index contributed by atoms with van der Waals surface area (Å²) in [5, 5.41) is 0.642. The van der Waals surface area contributed by atoms with Crippen molar-refractivity contribution in [2.24, 2.45) is 0 Å². The number of benzene rings is 3. The van der Waals surface area contributed by atoms with E-state index >= 15 is 0 Å². The van der Waals surface area contributed by atoms with E-state index in [1.807, 2.05) is 0 Å². The van der Waals surface area contributed by atoms with Crippen molar-refractivity contribution < 1.29 is 22.3 Å². The number of halogens is 1. The molecule has 1 heterocycles. The quantitative estimate of drug-likeness (QED) is 0.465. The van der Waals surface area contributed by atoms with Gasteiger partial charge in [-0.1, -0.05) is 0 Å². The van der Waals surface area contributed by atoms with Gasteiger partial charge in [-0.3, -0.25) is 4.72 Å². The van der Waals surface area contributed by atoms with Crippen molar-refractivity contribution in [3.8, 4) is 22.8 Å². The van der Waals surface area contributed by atoms with E-state index in [1.165, 1.54) is 38.5 Å². The SMILES string of the molecule is COc1ccc(S(=O)(=O)Nc2ccc3nc(-c4ccc(F)cc4)cc(OC)c3c2)cc1. The zero-order chi connectivity index (χ0) is 22.0. The van der Waals surface area contributed by atoms with Crippen molar-refractivity contribution in [1.82, 2.24) is 4.98 Å². The zero-order valence-corrected chi connectivity index (χ0v) is 17.6. The topological polar surface area (TPSA) is 77.5 Å². The minimum Gasteiger partial charge on any atom is -0.497 e. The monoisotopic (exact) mass is 438 g/mol. The van der Waals surface area contributed by atoms with E-state index in [0.717, 1.165) is 5.56 Å². The van der Waals surface area contributed by atoms with E-state index in [4.69, 9.17) is 9.47 Å². The van der Waals surface area contributed by atoms with E-state index in [1.54, 1.807) is 48.5 Å². The maximum atomic E-state index is 13.2. The van der Waals surface area contributed by atoms with Gasteiger partial charge in [-0.25, -0.2) is 17.8 Å². The van der Waals surface area contributed by atoms with Gasteiger partial charge in [-0.2, -0.15) is 0 Å². The molecule has 0 aliphatic rings. The van der Waals surface area contributed by atoms with Gasteiger partial charge < -0.3 is 9.47 Å². The van der Waals surface area contributed by atoms with Gasteiger partial charge in [0.1, 0.15) is 17.3 Å². The number of rotatable bonds is 6. The maximum absolute atomic E-state index is 13.2. The number of hydrogen-bond donors (Lipinski definition) is 1. The minimum absolute atomic E-state index is 0.116. The van der Waals surface area contributed by atoms with Gasteiger partial charge in [0.05, 0.1) is 30.3 Å². The Bertz CT molecular complexity index is 1340. The first-order valence-electron chi connectivity index (χ1n) is 9.31. The molecule has 0 bridgehead atoms. The van der Waals surface area contributed by atoms with Crippen LogP contribution >= 0.6 is 0 Å². The second kappa shape index (κ2) is 8.23. The van der Waals surface area contributed by atoms with Crippen molar-refractivity contribution >= 4 is 26.6 Å². The lowest BCUT2D eigenvalue weighted by Gasteiger charge is -2.12. The number of hydrogen-bond acceptors (Lipinski definition) is 5. The Morgan fingerprint density at radius 3 is 2.23 bits per heavy atom. The fourth-order valence-electron chi connectivity index (χ4n) is 3.16. The van der Waals surface area contributed by atoms with Crippen LogP contribution in [0.5, 0.6) is 11.5 Å². The Balaban J connectivity index is 1.70. The molecule has 1 N–H and O–H groups in total. The molecule has 4 aromatic rings. The molecule has 0 aliphatic heterocycles. The van der Waals surface area contributed by atoms with Crippen LogP contribution in [0.4, 0.5) is 10.1 Å². The van der Waals surface area contributed by atoms with Crippen molar-refractivity contribution in [2.75, 3.05) is 18.9 Å². The van der Waals surface area contributed by atoms with Crippen LogP contribution in [-0.4, -0.2) is 27.6 Å². The Labute approximate surface area is 179 Å². The lowest BCUT2D eigenvalue weighted by Crippen LogP contribution is -2.12. The van der Waals surface area contributed by atoms with Crippen LogP contribution in [0.2, 0.25) is 0 Å². The van der Waals surface area contributed by atoms with Crippen LogP contribution in [0.3, 0.4) is 0 Å². The van der Waals surface area contributed by atoms with Gasteiger partial charge in [0.25, 0.3) is 10.0 Å². The highest BCUT2D eigenvalue weighted by atomic mass is 32.2. The average molecular weight is 438 g/mol. The van der Waals surface area contributed by atoms with Crippen molar-refractivity contribution in [3.05, 3.63) is 78.6 Å². The summed E-state index contributed by atoms with van der Waals surface area (Å²) in [6, 6.07) is 18.8. The number of ether oxygens (including phenoxy) is 2. The molecule has 8 heteroatoms. The first-order valence-corrected chi connectivity index (χ1v) is 10.8. The predicted molar refractivity (Wildman–Crippen MR) is 117 cm³/mol. The molecule has 0 unspecified atom stereocenters. The molecule has 158 valence electrons. The molecule has 0 fully saturated rings. The molecular formula is C23H19FN2O4S. The maximum Gasteiger partial charge on any atom is 0.261 e. The fraction of sp³-hybridized carbons (Fsp3) is 0.0870. The predicted octanol–water partition coefficient (Wildman–Crippen LogP) is 4.86. The van der Waals surface area contributed by atoms with E-state index < -0.39 is 10.0 Å². The molecule has 0 saturated carbocycles. The number of nitrogens with one attached hydrogen (secondary N) is 1. The first kappa shape index (κ1) is 20.6. The molecule has 31 heavy (non-hydrogen) atoms. The highest BCUT2D eigenvalue weighted by Crippen LogP contribution is 2.32. The number of fused-ring (bicyclic) bond motifs is 1. The smallest absolute Gasteiger partial charge is 0.261 e. The van der Waals surface area contributed by atoms with Crippen LogP contribution in [-0.2, 0) is 10.0 Å². The van der Waals surface area contributed by atoms with Gasteiger partial charge >= 0.3 is 0 Å². The van der Waals surface area contributed by atoms with Gasteiger partial charge in [-0.05, 0) is 66.7 Å². The molecule has 0 spiro atoms. The molecule has 1 aromatic heterocycles. The summed E-state index contributed by atoms with van der Waals surface area (Å²) in [4.78, 5) is 4.72. The zero-order valence-electron chi connectivity index (χ0n) is 16.8. The molecule has 0 amide bonds. The Morgan fingerprint density at radius 2 is 1.58 bits per heavy atom. The molecule has 0 aliphatic carbocycles. The number of aromatic nitrogens is 1. The van der Waals surface area contributed by atoms with E-state index in [-0.39, 0.29) is 10.7 Å². The van der Waals surface area contributed by atoms with Crippen LogP contribution in [0.15, 0.2) is 77.7 Å². The van der Waals surface area contributed by atoms with Gasteiger partial charge in [0.15, 0.2) is 0 Å². The third kappa shape index (κ3) is 4.29. The van der Waals surface area contributed by atoms with Gasteiger partial charge in [0.2, 0.25) is 0 Å². The van der Waals surface area contributed by atoms with Gasteiger partial charge in [0, 0.05) is 22.7 Å². The first-order chi connectivity index (χ1) is 14.9. The Morgan fingerprint density at radius 1 is 0.871 bits per heavy atom. The van der Waals surface area contributed by atoms with Crippen LogP contribution in [0, 0.1) is 5.82 Å². The lowest BCUT2D eigenvalue weighted by molar-refractivity contribution is 0.414. The number of methoxy groups -OCH3 is 2. The minimum atomic E-state index is -3.78. The Hall–Kier alpha value is -3.65. The number of anilines is 1. The fourth-order valence-corrected chi connectivity index (χ4v) is 4.21. The highest BCUT2D eigenvalue weighted by molar-refractivity contribution is 7.92. The molecule has 0 saturated heterocycles.